The maximum Gasteiger partial charge on any atom is 0.143 e. The lowest BCUT2D eigenvalue weighted by molar-refractivity contribution is 0.672. The van der Waals surface area contributed by atoms with Crippen LogP contribution in [0.15, 0.2) is 180 Å². The molecule has 1 aromatic heterocycles. The standard InChI is InChI=1S/C44H29NO/c1-3-12-30(13-4-1)32-22-25-35(26-23-32)45(41-21-11-17-33-16-7-8-18-36(33)41)42-29-40-39-28-34(31-14-5-2-6-15-31)24-27-43(39)46-44(40)38-20-10-9-19-37(38)42/h1-29H. The summed E-state index contributed by atoms with van der Waals surface area (Å²) >= 11 is 0. The van der Waals surface area contributed by atoms with Crippen LogP contribution in [0.25, 0.3) is 65.7 Å². The van der Waals surface area contributed by atoms with Gasteiger partial charge in [-0.1, -0.05) is 140 Å². The lowest BCUT2D eigenvalue weighted by Gasteiger charge is -2.28. The van der Waals surface area contributed by atoms with E-state index in [9.17, 15) is 0 Å². The second-order valence-electron chi connectivity index (χ2n) is 11.7. The highest BCUT2D eigenvalue weighted by molar-refractivity contribution is 6.20. The molecular weight excluding hydrogens is 558 g/mol. The lowest BCUT2D eigenvalue weighted by atomic mass is 9.99. The number of hydrogen-bond donors (Lipinski definition) is 0. The summed E-state index contributed by atoms with van der Waals surface area (Å²) in [6.07, 6.45) is 0. The summed E-state index contributed by atoms with van der Waals surface area (Å²) in [5.74, 6) is 0. The lowest BCUT2D eigenvalue weighted by Crippen LogP contribution is -2.11. The Balaban J connectivity index is 1.33. The van der Waals surface area contributed by atoms with Gasteiger partial charge >= 0.3 is 0 Å². The average molecular weight is 588 g/mol. The highest BCUT2D eigenvalue weighted by Crippen LogP contribution is 2.46. The van der Waals surface area contributed by atoms with Gasteiger partial charge in [-0.3, -0.25) is 0 Å². The fourth-order valence-corrected chi connectivity index (χ4v) is 6.82. The molecule has 0 aliphatic rings. The van der Waals surface area contributed by atoms with Crippen LogP contribution in [0.3, 0.4) is 0 Å². The van der Waals surface area contributed by atoms with Gasteiger partial charge in [0.25, 0.3) is 0 Å². The molecule has 9 aromatic rings. The summed E-state index contributed by atoms with van der Waals surface area (Å²) in [6.45, 7) is 0. The number of hydrogen-bond acceptors (Lipinski definition) is 2. The largest absolute Gasteiger partial charge is 0.455 e. The zero-order valence-electron chi connectivity index (χ0n) is 25.1. The molecule has 9 rings (SSSR count). The van der Waals surface area contributed by atoms with Crippen molar-refractivity contribution in [3.05, 3.63) is 176 Å². The Kier molecular flexibility index (Phi) is 6.17. The molecule has 1 heterocycles. The highest BCUT2D eigenvalue weighted by Gasteiger charge is 2.21. The van der Waals surface area contributed by atoms with E-state index in [2.05, 4.69) is 181 Å². The molecule has 0 atom stereocenters. The molecule has 0 spiro atoms. The predicted molar refractivity (Wildman–Crippen MR) is 194 cm³/mol. The normalized spacial score (nSPS) is 11.5. The molecule has 46 heavy (non-hydrogen) atoms. The van der Waals surface area contributed by atoms with Gasteiger partial charge < -0.3 is 9.32 Å². The summed E-state index contributed by atoms with van der Waals surface area (Å²) in [6, 6.07) is 62.7. The first kappa shape index (κ1) is 26.3. The van der Waals surface area contributed by atoms with Gasteiger partial charge in [-0.05, 0) is 64.0 Å². The minimum absolute atomic E-state index is 0.890. The SMILES string of the molecule is c1ccc(-c2ccc(N(c3cccc4ccccc34)c3cc4c5cc(-c6ccccc6)ccc5oc4c4ccccc34)cc2)cc1. The Hall–Kier alpha value is -6.12. The van der Waals surface area contributed by atoms with Crippen LogP contribution >= 0.6 is 0 Å². The third-order valence-corrected chi connectivity index (χ3v) is 9.04. The number of fused-ring (bicyclic) bond motifs is 6. The molecule has 216 valence electrons. The summed E-state index contributed by atoms with van der Waals surface area (Å²) in [5, 5.41) is 6.85. The maximum absolute atomic E-state index is 6.62. The van der Waals surface area contributed by atoms with E-state index < -0.39 is 0 Å². The first-order valence-corrected chi connectivity index (χ1v) is 15.7. The van der Waals surface area contributed by atoms with Crippen LogP contribution in [-0.4, -0.2) is 0 Å². The van der Waals surface area contributed by atoms with Gasteiger partial charge in [-0.15, -0.1) is 0 Å². The first-order chi connectivity index (χ1) is 22.8. The van der Waals surface area contributed by atoms with Crippen molar-refractivity contribution in [2.45, 2.75) is 0 Å². The fraction of sp³-hybridized carbons (Fsp3) is 0. The molecule has 0 unspecified atom stereocenters. The van der Waals surface area contributed by atoms with Gasteiger partial charge in [-0.2, -0.15) is 0 Å². The van der Waals surface area contributed by atoms with Crippen LogP contribution in [-0.2, 0) is 0 Å². The average Bonchev–Trinajstić information content (AvgIpc) is 3.51. The van der Waals surface area contributed by atoms with E-state index in [1.165, 1.54) is 33.0 Å². The Morgan fingerprint density at radius 3 is 1.70 bits per heavy atom. The first-order valence-electron chi connectivity index (χ1n) is 15.7. The summed E-state index contributed by atoms with van der Waals surface area (Å²) in [7, 11) is 0. The molecule has 0 bridgehead atoms. The molecule has 0 aliphatic heterocycles. The van der Waals surface area contributed by atoms with E-state index in [-0.39, 0.29) is 0 Å². The van der Waals surface area contributed by atoms with Gasteiger partial charge in [0.05, 0.1) is 11.4 Å². The number of anilines is 3. The third kappa shape index (κ3) is 4.35. The van der Waals surface area contributed by atoms with Crippen molar-refractivity contribution in [3.63, 3.8) is 0 Å². The van der Waals surface area contributed by atoms with E-state index in [1.54, 1.807) is 0 Å². The molecule has 0 fully saturated rings. The molecule has 0 saturated heterocycles. The highest BCUT2D eigenvalue weighted by atomic mass is 16.3. The maximum atomic E-state index is 6.62. The van der Waals surface area contributed by atoms with Gasteiger partial charge in [0.1, 0.15) is 11.2 Å². The topological polar surface area (TPSA) is 16.4 Å². The van der Waals surface area contributed by atoms with Crippen LogP contribution in [0.4, 0.5) is 17.1 Å². The zero-order chi connectivity index (χ0) is 30.5. The molecule has 0 aliphatic carbocycles. The minimum Gasteiger partial charge on any atom is -0.455 e. The second kappa shape index (κ2) is 10.8. The van der Waals surface area contributed by atoms with Crippen molar-refractivity contribution in [3.8, 4) is 22.3 Å². The van der Waals surface area contributed by atoms with Crippen LogP contribution < -0.4 is 4.90 Å². The van der Waals surface area contributed by atoms with E-state index in [1.807, 2.05) is 0 Å². The van der Waals surface area contributed by atoms with Crippen molar-refractivity contribution in [2.24, 2.45) is 0 Å². The van der Waals surface area contributed by atoms with Crippen LogP contribution in [0, 0.1) is 0 Å². The Morgan fingerprint density at radius 2 is 0.935 bits per heavy atom. The van der Waals surface area contributed by atoms with Gasteiger partial charge in [0.15, 0.2) is 0 Å². The quantitative estimate of drug-likeness (QED) is 0.199. The Bertz CT molecular complexity index is 2510. The summed E-state index contributed by atoms with van der Waals surface area (Å²) in [5.41, 5.74) is 9.90. The smallest absolute Gasteiger partial charge is 0.143 e. The molecule has 8 aromatic carbocycles. The molecular formula is C44H29NO. The van der Waals surface area contributed by atoms with Crippen molar-refractivity contribution >= 4 is 60.5 Å². The van der Waals surface area contributed by atoms with Gasteiger partial charge in [0.2, 0.25) is 0 Å². The number of furan rings is 1. The number of nitrogens with zero attached hydrogens (tertiary/aromatic N) is 1. The van der Waals surface area contributed by atoms with Crippen molar-refractivity contribution in [2.75, 3.05) is 4.90 Å². The minimum atomic E-state index is 0.890. The fourth-order valence-electron chi connectivity index (χ4n) is 6.82. The van der Waals surface area contributed by atoms with E-state index in [0.717, 1.165) is 49.8 Å². The van der Waals surface area contributed by atoms with Crippen LogP contribution in [0.5, 0.6) is 0 Å². The number of benzene rings is 8. The molecule has 2 heteroatoms. The van der Waals surface area contributed by atoms with E-state index in [0.29, 0.717) is 0 Å². The zero-order valence-corrected chi connectivity index (χ0v) is 25.1. The second-order valence-corrected chi connectivity index (χ2v) is 11.7. The van der Waals surface area contributed by atoms with Crippen molar-refractivity contribution in [1.29, 1.82) is 0 Å². The summed E-state index contributed by atoms with van der Waals surface area (Å²) < 4.78 is 6.62. The molecule has 0 N–H and O–H groups in total. The summed E-state index contributed by atoms with van der Waals surface area (Å²) in [4.78, 5) is 2.42. The molecule has 0 radical (unpaired) electrons. The van der Waals surface area contributed by atoms with Crippen LogP contribution in [0.1, 0.15) is 0 Å². The molecule has 2 nitrogen and oxygen atoms in total. The number of rotatable bonds is 5. The Labute approximate surface area is 267 Å². The van der Waals surface area contributed by atoms with Gasteiger partial charge in [-0.25, -0.2) is 0 Å². The predicted octanol–water partition coefficient (Wildman–Crippen LogP) is 12.7. The van der Waals surface area contributed by atoms with Crippen LogP contribution in [0.2, 0.25) is 0 Å². The van der Waals surface area contributed by atoms with E-state index in [4.69, 9.17) is 4.42 Å². The third-order valence-electron chi connectivity index (χ3n) is 9.04. The van der Waals surface area contributed by atoms with E-state index >= 15 is 0 Å². The molecule has 0 amide bonds. The van der Waals surface area contributed by atoms with Crippen molar-refractivity contribution < 1.29 is 4.42 Å². The molecule has 0 saturated carbocycles. The van der Waals surface area contributed by atoms with Crippen molar-refractivity contribution in [1.82, 2.24) is 0 Å². The van der Waals surface area contributed by atoms with Gasteiger partial charge in [0, 0.05) is 32.6 Å². The Morgan fingerprint density at radius 1 is 0.348 bits per heavy atom. The monoisotopic (exact) mass is 587 g/mol.